The van der Waals surface area contributed by atoms with Gasteiger partial charge in [0.2, 0.25) is 0 Å². The molecule has 134 valence electrons. The highest BCUT2D eigenvalue weighted by molar-refractivity contribution is 5.98. The SMILES string of the molecule is CCc1ccc(C2CNCCN2C(=O)c2cc3ccc(C)cc3[nH]2)cc1. The average Bonchev–Trinajstić information content (AvgIpc) is 3.10. The van der Waals surface area contributed by atoms with Gasteiger partial charge in [0.1, 0.15) is 5.69 Å². The molecule has 0 aliphatic carbocycles. The molecule has 0 bridgehead atoms. The lowest BCUT2D eigenvalue weighted by Crippen LogP contribution is -2.48. The van der Waals surface area contributed by atoms with Crippen molar-refractivity contribution in [1.82, 2.24) is 15.2 Å². The summed E-state index contributed by atoms with van der Waals surface area (Å²) in [5.74, 6) is 0.0740. The summed E-state index contributed by atoms with van der Waals surface area (Å²) in [6.07, 6.45) is 1.03. The highest BCUT2D eigenvalue weighted by Gasteiger charge is 2.29. The third-order valence-electron chi connectivity index (χ3n) is 5.29. The number of aromatic nitrogens is 1. The molecule has 0 spiro atoms. The van der Waals surface area contributed by atoms with E-state index in [0.717, 1.165) is 30.4 Å². The Morgan fingerprint density at radius 2 is 1.96 bits per heavy atom. The number of aromatic amines is 1. The smallest absolute Gasteiger partial charge is 0.270 e. The van der Waals surface area contributed by atoms with Crippen molar-refractivity contribution in [2.75, 3.05) is 19.6 Å². The van der Waals surface area contributed by atoms with Crippen LogP contribution in [0.1, 0.15) is 40.1 Å². The number of H-pyrrole nitrogens is 1. The molecule has 1 fully saturated rings. The highest BCUT2D eigenvalue weighted by Crippen LogP contribution is 2.26. The van der Waals surface area contributed by atoms with Crippen molar-refractivity contribution in [2.24, 2.45) is 0 Å². The highest BCUT2D eigenvalue weighted by atomic mass is 16.2. The van der Waals surface area contributed by atoms with E-state index in [2.05, 4.69) is 66.6 Å². The predicted molar refractivity (Wildman–Crippen MR) is 106 cm³/mol. The zero-order valence-electron chi connectivity index (χ0n) is 15.4. The molecule has 4 nitrogen and oxygen atoms in total. The molecule has 2 aromatic carbocycles. The van der Waals surface area contributed by atoms with Gasteiger partial charge in [-0.3, -0.25) is 4.79 Å². The Bertz CT molecular complexity index is 926. The van der Waals surface area contributed by atoms with Crippen LogP contribution in [-0.2, 0) is 6.42 Å². The summed E-state index contributed by atoms with van der Waals surface area (Å²) in [5, 5.41) is 4.51. The minimum Gasteiger partial charge on any atom is -0.351 e. The van der Waals surface area contributed by atoms with Gasteiger partial charge in [-0.2, -0.15) is 0 Å². The van der Waals surface area contributed by atoms with Gasteiger partial charge in [-0.05, 0) is 42.2 Å². The van der Waals surface area contributed by atoms with Crippen molar-refractivity contribution in [2.45, 2.75) is 26.3 Å². The quantitative estimate of drug-likeness (QED) is 0.756. The fraction of sp³-hybridized carbons (Fsp3) is 0.318. The minimum atomic E-state index is 0.0651. The van der Waals surface area contributed by atoms with Crippen molar-refractivity contribution in [3.63, 3.8) is 0 Å². The van der Waals surface area contributed by atoms with Crippen molar-refractivity contribution < 1.29 is 4.79 Å². The Morgan fingerprint density at radius 3 is 2.73 bits per heavy atom. The molecule has 4 rings (SSSR count). The van der Waals surface area contributed by atoms with Gasteiger partial charge in [-0.25, -0.2) is 0 Å². The summed E-state index contributed by atoms with van der Waals surface area (Å²) < 4.78 is 0. The summed E-state index contributed by atoms with van der Waals surface area (Å²) in [4.78, 5) is 18.5. The fourth-order valence-corrected chi connectivity index (χ4v) is 3.73. The third-order valence-corrected chi connectivity index (χ3v) is 5.29. The van der Waals surface area contributed by atoms with Crippen LogP contribution in [0.3, 0.4) is 0 Å². The number of hydrogen-bond acceptors (Lipinski definition) is 2. The Hall–Kier alpha value is -2.59. The number of hydrogen-bond donors (Lipinski definition) is 2. The molecular formula is C22H25N3O. The molecule has 26 heavy (non-hydrogen) atoms. The van der Waals surface area contributed by atoms with Crippen LogP contribution in [0.2, 0.25) is 0 Å². The van der Waals surface area contributed by atoms with Crippen LogP contribution in [0.4, 0.5) is 0 Å². The topological polar surface area (TPSA) is 48.1 Å². The van der Waals surface area contributed by atoms with Crippen LogP contribution in [0.15, 0.2) is 48.5 Å². The number of carbonyl (C=O) groups is 1. The maximum Gasteiger partial charge on any atom is 0.270 e. The number of carbonyl (C=O) groups excluding carboxylic acids is 1. The molecule has 3 aromatic rings. The summed E-state index contributed by atoms with van der Waals surface area (Å²) >= 11 is 0. The van der Waals surface area contributed by atoms with E-state index in [1.807, 2.05) is 11.0 Å². The number of fused-ring (bicyclic) bond motifs is 1. The van der Waals surface area contributed by atoms with Crippen molar-refractivity contribution >= 4 is 16.8 Å². The molecular weight excluding hydrogens is 322 g/mol. The number of nitrogens with zero attached hydrogens (tertiary/aromatic N) is 1. The van der Waals surface area contributed by atoms with Crippen molar-refractivity contribution in [3.05, 3.63) is 70.9 Å². The van der Waals surface area contributed by atoms with E-state index in [1.165, 1.54) is 16.7 Å². The molecule has 2 heterocycles. The van der Waals surface area contributed by atoms with Gasteiger partial charge in [-0.1, -0.05) is 43.3 Å². The first-order valence-electron chi connectivity index (χ1n) is 9.35. The van der Waals surface area contributed by atoms with Crippen LogP contribution in [0.25, 0.3) is 10.9 Å². The molecule has 1 atom stereocenters. The third kappa shape index (κ3) is 3.13. The Morgan fingerprint density at radius 1 is 1.15 bits per heavy atom. The minimum absolute atomic E-state index is 0.0651. The second kappa shape index (κ2) is 6.96. The van der Waals surface area contributed by atoms with E-state index in [1.54, 1.807) is 0 Å². The van der Waals surface area contributed by atoms with Gasteiger partial charge in [0, 0.05) is 30.5 Å². The van der Waals surface area contributed by atoms with Gasteiger partial charge < -0.3 is 15.2 Å². The normalized spacial score (nSPS) is 17.6. The summed E-state index contributed by atoms with van der Waals surface area (Å²) in [6.45, 7) is 6.55. The van der Waals surface area contributed by atoms with Gasteiger partial charge in [0.05, 0.1) is 6.04 Å². The van der Waals surface area contributed by atoms with Gasteiger partial charge >= 0.3 is 0 Å². The standard InChI is InChI=1S/C22H25N3O/c1-3-16-5-8-17(9-6-16)21-14-23-10-11-25(21)22(26)20-13-18-7-4-15(2)12-19(18)24-20/h4-9,12-13,21,23-24H,3,10-11,14H2,1-2H3. The molecule has 1 aliphatic heterocycles. The fourth-order valence-electron chi connectivity index (χ4n) is 3.73. The lowest BCUT2D eigenvalue weighted by Gasteiger charge is -2.36. The Balaban J connectivity index is 1.64. The molecule has 0 radical (unpaired) electrons. The number of nitrogens with one attached hydrogen (secondary N) is 2. The molecule has 1 unspecified atom stereocenters. The molecule has 1 aromatic heterocycles. The van der Waals surface area contributed by atoms with Gasteiger partial charge in [-0.15, -0.1) is 0 Å². The first kappa shape index (κ1) is 16.9. The maximum atomic E-state index is 13.2. The Kier molecular flexibility index (Phi) is 4.51. The number of piperazine rings is 1. The second-order valence-electron chi connectivity index (χ2n) is 7.09. The second-order valence-corrected chi connectivity index (χ2v) is 7.09. The largest absolute Gasteiger partial charge is 0.351 e. The number of amides is 1. The molecule has 0 saturated carbocycles. The zero-order chi connectivity index (χ0) is 18.1. The average molecular weight is 347 g/mol. The lowest BCUT2D eigenvalue weighted by atomic mass is 10.0. The monoisotopic (exact) mass is 347 g/mol. The van der Waals surface area contributed by atoms with E-state index in [0.29, 0.717) is 12.2 Å². The summed E-state index contributed by atoms with van der Waals surface area (Å²) in [7, 11) is 0. The number of benzene rings is 2. The van der Waals surface area contributed by atoms with E-state index in [4.69, 9.17) is 0 Å². The van der Waals surface area contributed by atoms with Crippen LogP contribution in [-0.4, -0.2) is 35.4 Å². The van der Waals surface area contributed by atoms with Crippen LogP contribution < -0.4 is 5.32 Å². The summed E-state index contributed by atoms with van der Waals surface area (Å²) in [6, 6.07) is 16.9. The predicted octanol–water partition coefficient (Wildman–Crippen LogP) is 3.83. The maximum absolute atomic E-state index is 13.2. The molecule has 1 amide bonds. The van der Waals surface area contributed by atoms with Crippen LogP contribution >= 0.6 is 0 Å². The summed E-state index contributed by atoms with van der Waals surface area (Å²) in [5.41, 5.74) is 5.39. The van der Waals surface area contributed by atoms with E-state index >= 15 is 0 Å². The van der Waals surface area contributed by atoms with Crippen LogP contribution in [0.5, 0.6) is 0 Å². The van der Waals surface area contributed by atoms with Crippen molar-refractivity contribution in [1.29, 1.82) is 0 Å². The van der Waals surface area contributed by atoms with Gasteiger partial charge in [0.25, 0.3) is 5.91 Å². The van der Waals surface area contributed by atoms with E-state index in [-0.39, 0.29) is 11.9 Å². The first-order valence-corrected chi connectivity index (χ1v) is 9.35. The molecule has 1 aliphatic rings. The van der Waals surface area contributed by atoms with E-state index < -0.39 is 0 Å². The molecule has 2 N–H and O–H groups in total. The molecule has 4 heteroatoms. The number of rotatable bonds is 3. The van der Waals surface area contributed by atoms with Crippen LogP contribution in [0, 0.1) is 6.92 Å². The molecule has 1 saturated heterocycles. The van der Waals surface area contributed by atoms with E-state index in [9.17, 15) is 4.79 Å². The van der Waals surface area contributed by atoms with Gasteiger partial charge in [0.15, 0.2) is 0 Å². The Labute approximate surface area is 154 Å². The number of aryl methyl sites for hydroxylation is 2. The zero-order valence-corrected chi connectivity index (χ0v) is 15.4. The van der Waals surface area contributed by atoms with Crippen molar-refractivity contribution in [3.8, 4) is 0 Å². The first-order chi connectivity index (χ1) is 12.7. The lowest BCUT2D eigenvalue weighted by molar-refractivity contribution is 0.0629.